The third-order valence-corrected chi connectivity index (χ3v) is 4.25. The van der Waals surface area contributed by atoms with E-state index in [1.165, 1.54) is 24.8 Å². The molecule has 114 valence electrons. The molecular weight excluding hydrogens is 274 g/mol. The summed E-state index contributed by atoms with van der Waals surface area (Å²) in [5.74, 6) is -0.873. The number of hydrogen-bond acceptors (Lipinski definition) is 1. The smallest absolute Gasteiger partial charge is 0.335 e. The van der Waals surface area contributed by atoms with Crippen LogP contribution in [0.3, 0.4) is 0 Å². The lowest BCUT2D eigenvalue weighted by Crippen LogP contribution is -1.99. The monoisotopic (exact) mass is 295 g/mol. The zero-order valence-corrected chi connectivity index (χ0v) is 12.9. The highest BCUT2D eigenvalue weighted by Gasteiger charge is 2.12. The molecule has 22 heavy (non-hydrogen) atoms. The van der Waals surface area contributed by atoms with E-state index in [0.717, 1.165) is 29.3 Å². The van der Waals surface area contributed by atoms with E-state index in [0.29, 0.717) is 5.56 Å². The van der Waals surface area contributed by atoms with E-state index in [4.69, 9.17) is 0 Å². The van der Waals surface area contributed by atoms with Crippen molar-refractivity contribution >= 4 is 27.8 Å². The van der Waals surface area contributed by atoms with Crippen LogP contribution in [0.2, 0.25) is 0 Å². The van der Waals surface area contributed by atoms with Crippen LogP contribution in [-0.4, -0.2) is 15.6 Å². The van der Waals surface area contributed by atoms with Crippen molar-refractivity contribution in [2.24, 2.45) is 0 Å². The molecule has 2 aromatic carbocycles. The number of para-hydroxylation sites is 1. The molecule has 0 saturated heterocycles. The van der Waals surface area contributed by atoms with Gasteiger partial charge in [-0.25, -0.2) is 4.79 Å². The lowest BCUT2D eigenvalue weighted by molar-refractivity contribution is 0.0697. The third kappa shape index (κ3) is 2.59. The molecule has 0 bridgehead atoms. The molecule has 0 atom stereocenters. The fourth-order valence-corrected chi connectivity index (χ4v) is 3.12. The number of aromatic carboxylic acids is 1. The minimum atomic E-state index is -0.873. The van der Waals surface area contributed by atoms with Crippen LogP contribution in [0.4, 0.5) is 0 Å². The second-order valence-corrected chi connectivity index (χ2v) is 5.77. The summed E-state index contributed by atoms with van der Waals surface area (Å²) in [6, 6.07) is 13.7. The summed E-state index contributed by atoms with van der Waals surface area (Å²) in [5, 5.41) is 11.4. The number of rotatable bonds is 6. The Morgan fingerprint density at radius 1 is 1.00 bits per heavy atom. The number of hydrogen-bond donors (Lipinski definition) is 1. The molecular formula is C19H21NO2. The van der Waals surface area contributed by atoms with Crippen LogP contribution in [-0.2, 0) is 6.54 Å². The molecule has 1 aromatic heterocycles. The van der Waals surface area contributed by atoms with E-state index in [1.54, 1.807) is 12.1 Å². The number of carboxylic acid groups (broad SMARTS) is 1. The molecule has 3 aromatic rings. The Balaban J connectivity index is 2.10. The van der Waals surface area contributed by atoms with Gasteiger partial charge in [0.05, 0.1) is 5.56 Å². The Labute approximate surface area is 130 Å². The summed E-state index contributed by atoms with van der Waals surface area (Å²) in [6.45, 7) is 3.20. The lowest BCUT2D eigenvalue weighted by Gasteiger charge is -2.07. The summed E-state index contributed by atoms with van der Waals surface area (Å²) in [4.78, 5) is 11.2. The highest BCUT2D eigenvalue weighted by Crippen LogP contribution is 2.30. The Morgan fingerprint density at radius 2 is 1.77 bits per heavy atom. The van der Waals surface area contributed by atoms with E-state index in [2.05, 4.69) is 23.6 Å². The third-order valence-electron chi connectivity index (χ3n) is 4.25. The molecule has 0 aliphatic heterocycles. The van der Waals surface area contributed by atoms with E-state index in [-0.39, 0.29) is 0 Å². The van der Waals surface area contributed by atoms with Crippen molar-refractivity contribution in [3.8, 4) is 0 Å². The molecule has 3 rings (SSSR count). The lowest BCUT2D eigenvalue weighted by atomic mass is 10.1. The average molecular weight is 295 g/mol. The Kier molecular flexibility index (Phi) is 4.14. The first-order valence-electron chi connectivity index (χ1n) is 7.96. The maximum atomic E-state index is 11.2. The van der Waals surface area contributed by atoms with Crippen molar-refractivity contribution in [3.05, 3.63) is 48.0 Å². The number of carbonyl (C=O) groups is 1. The van der Waals surface area contributed by atoms with Gasteiger partial charge in [0.1, 0.15) is 0 Å². The number of benzene rings is 2. The maximum absolute atomic E-state index is 11.2. The van der Waals surface area contributed by atoms with Crippen LogP contribution >= 0.6 is 0 Å². The van der Waals surface area contributed by atoms with Crippen LogP contribution in [0.5, 0.6) is 0 Å². The zero-order chi connectivity index (χ0) is 15.5. The number of unbranched alkanes of at least 4 members (excludes halogenated alkanes) is 3. The quantitative estimate of drug-likeness (QED) is 0.645. The van der Waals surface area contributed by atoms with Crippen LogP contribution in [0.1, 0.15) is 43.0 Å². The van der Waals surface area contributed by atoms with E-state index >= 15 is 0 Å². The van der Waals surface area contributed by atoms with Crippen molar-refractivity contribution in [2.45, 2.75) is 39.2 Å². The van der Waals surface area contributed by atoms with Crippen molar-refractivity contribution in [1.82, 2.24) is 4.57 Å². The number of aromatic nitrogens is 1. The summed E-state index contributed by atoms with van der Waals surface area (Å²) in [7, 11) is 0. The predicted octanol–water partition coefficient (Wildman–Crippen LogP) is 5.07. The first-order valence-corrected chi connectivity index (χ1v) is 7.96. The maximum Gasteiger partial charge on any atom is 0.335 e. The molecule has 0 saturated carbocycles. The van der Waals surface area contributed by atoms with Gasteiger partial charge in [-0.2, -0.15) is 0 Å². The van der Waals surface area contributed by atoms with Gasteiger partial charge in [-0.15, -0.1) is 0 Å². The summed E-state index contributed by atoms with van der Waals surface area (Å²) < 4.78 is 2.33. The van der Waals surface area contributed by atoms with Gasteiger partial charge in [0.25, 0.3) is 0 Å². The molecule has 1 heterocycles. The molecule has 0 spiro atoms. The molecule has 0 aliphatic carbocycles. The second kappa shape index (κ2) is 6.22. The average Bonchev–Trinajstić information content (AvgIpc) is 2.85. The second-order valence-electron chi connectivity index (χ2n) is 5.77. The van der Waals surface area contributed by atoms with Crippen LogP contribution in [0, 0.1) is 0 Å². The molecule has 0 fully saturated rings. The van der Waals surface area contributed by atoms with Crippen LogP contribution in [0.25, 0.3) is 21.8 Å². The van der Waals surface area contributed by atoms with Crippen LogP contribution in [0.15, 0.2) is 42.5 Å². The van der Waals surface area contributed by atoms with Crippen LogP contribution < -0.4 is 0 Å². The van der Waals surface area contributed by atoms with Gasteiger partial charge < -0.3 is 9.67 Å². The Bertz CT molecular complexity index is 817. The number of fused-ring (bicyclic) bond motifs is 3. The Morgan fingerprint density at radius 3 is 2.55 bits per heavy atom. The van der Waals surface area contributed by atoms with Gasteiger partial charge in [-0.1, -0.05) is 44.4 Å². The standard InChI is InChI=1S/C19H21NO2/c1-2-3-4-7-12-20-17-9-6-5-8-15(17)16-13-14(19(21)22)10-11-18(16)20/h5-6,8-11,13H,2-4,7,12H2,1H3,(H,21,22). The van der Waals surface area contributed by atoms with Crippen molar-refractivity contribution in [1.29, 1.82) is 0 Å². The van der Waals surface area contributed by atoms with E-state index in [9.17, 15) is 9.90 Å². The minimum Gasteiger partial charge on any atom is -0.478 e. The fourth-order valence-electron chi connectivity index (χ4n) is 3.12. The molecule has 1 N–H and O–H groups in total. The van der Waals surface area contributed by atoms with E-state index < -0.39 is 5.97 Å². The first kappa shape index (κ1) is 14.6. The number of nitrogens with zero attached hydrogens (tertiary/aromatic N) is 1. The highest BCUT2D eigenvalue weighted by atomic mass is 16.4. The largest absolute Gasteiger partial charge is 0.478 e. The van der Waals surface area contributed by atoms with E-state index in [1.807, 2.05) is 18.2 Å². The molecule has 0 unspecified atom stereocenters. The molecule has 3 nitrogen and oxygen atoms in total. The highest BCUT2D eigenvalue weighted by molar-refractivity contribution is 6.10. The number of aryl methyl sites for hydroxylation is 1. The Hall–Kier alpha value is -2.29. The summed E-state index contributed by atoms with van der Waals surface area (Å²) >= 11 is 0. The predicted molar refractivity (Wildman–Crippen MR) is 90.5 cm³/mol. The zero-order valence-electron chi connectivity index (χ0n) is 12.9. The van der Waals surface area contributed by atoms with Gasteiger partial charge in [0.2, 0.25) is 0 Å². The fraction of sp³-hybridized carbons (Fsp3) is 0.316. The topological polar surface area (TPSA) is 42.2 Å². The molecule has 3 heteroatoms. The van der Waals surface area contributed by atoms with Crippen molar-refractivity contribution in [2.75, 3.05) is 0 Å². The summed E-state index contributed by atoms with van der Waals surface area (Å²) in [6.07, 6.45) is 4.88. The minimum absolute atomic E-state index is 0.349. The summed E-state index contributed by atoms with van der Waals surface area (Å²) in [5.41, 5.74) is 2.67. The van der Waals surface area contributed by atoms with Gasteiger partial charge in [0, 0.05) is 28.4 Å². The van der Waals surface area contributed by atoms with Gasteiger partial charge in [-0.3, -0.25) is 0 Å². The van der Waals surface area contributed by atoms with Gasteiger partial charge in [0.15, 0.2) is 0 Å². The number of carboxylic acids is 1. The molecule has 0 aliphatic rings. The van der Waals surface area contributed by atoms with Gasteiger partial charge in [-0.05, 0) is 30.7 Å². The SMILES string of the molecule is CCCCCCn1c2ccccc2c2cc(C(=O)O)ccc21. The normalized spacial score (nSPS) is 11.3. The first-order chi connectivity index (χ1) is 10.7. The van der Waals surface area contributed by atoms with Crippen molar-refractivity contribution < 1.29 is 9.90 Å². The van der Waals surface area contributed by atoms with Gasteiger partial charge >= 0.3 is 5.97 Å². The van der Waals surface area contributed by atoms with Crippen molar-refractivity contribution in [3.63, 3.8) is 0 Å². The molecule has 0 radical (unpaired) electrons. The molecule has 0 amide bonds.